The molecule has 1 unspecified atom stereocenters. The Bertz CT molecular complexity index is 342. The Morgan fingerprint density at radius 3 is 2.62 bits per heavy atom. The molecule has 5 heteroatoms. The van der Waals surface area contributed by atoms with Gasteiger partial charge in [0.25, 0.3) is 5.91 Å². The van der Waals surface area contributed by atoms with Crippen LogP contribution >= 0.6 is 38.5 Å². The first kappa shape index (κ1) is 13.9. The van der Waals surface area contributed by atoms with Gasteiger partial charge >= 0.3 is 0 Å². The molecular weight excluding hydrogens is 385 g/mol. The van der Waals surface area contributed by atoms with Crippen molar-refractivity contribution in [2.75, 3.05) is 19.0 Å². The monoisotopic (exact) mass is 397 g/mol. The summed E-state index contributed by atoms with van der Waals surface area (Å²) in [6.45, 7) is 0.501. The minimum Gasteiger partial charge on any atom is -0.383 e. The normalized spacial score (nSPS) is 12.2. The Morgan fingerprint density at radius 2 is 2.12 bits per heavy atom. The Balaban J connectivity index is 2.60. The zero-order chi connectivity index (χ0) is 12.0. The van der Waals surface area contributed by atoms with Gasteiger partial charge in [0.05, 0.1) is 12.6 Å². The molecule has 1 aromatic rings. The first-order valence-electron chi connectivity index (χ1n) is 4.78. The van der Waals surface area contributed by atoms with E-state index in [2.05, 4.69) is 43.8 Å². The number of ether oxygens (including phenoxy) is 1. The summed E-state index contributed by atoms with van der Waals surface area (Å²) in [7, 11) is 1.62. The lowest BCUT2D eigenvalue weighted by molar-refractivity contribution is 0.0908. The van der Waals surface area contributed by atoms with Crippen LogP contribution < -0.4 is 5.32 Å². The highest BCUT2D eigenvalue weighted by Gasteiger charge is 2.12. The van der Waals surface area contributed by atoms with E-state index in [-0.39, 0.29) is 11.9 Å². The number of rotatable bonds is 5. The molecule has 0 fully saturated rings. The number of hydrogen-bond donors (Lipinski definition) is 1. The number of benzene rings is 1. The summed E-state index contributed by atoms with van der Waals surface area (Å²) in [5.74, 6) is -0.0714. The Morgan fingerprint density at radius 1 is 1.50 bits per heavy atom. The molecule has 16 heavy (non-hydrogen) atoms. The number of carbonyl (C=O) groups excluding carboxylic acids is 1. The highest BCUT2D eigenvalue weighted by atomic mass is 127. The molecule has 0 saturated heterocycles. The van der Waals surface area contributed by atoms with E-state index in [1.807, 2.05) is 24.3 Å². The third-order valence-corrected chi connectivity index (χ3v) is 3.50. The topological polar surface area (TPSA) is 38.3 Å². The third-order valence-electron chi connectivity index (χ3n) is 2.00. The van der Waals surface area contributed by atoms with E-state index in [1.165, 1.54) is 0 Å². The van der Waals surface area contributed by atoms with Gasteiger partial charge in [0.15, 0.2) is 0 Å². The Hall–Kier alpha value is -0.140. The lowest BCUT2D eigenvalue weighted by Gasteiger charge is -2.15. The average molecular weight is 398 g/mol. The molecule has 1 amide bonds. The standard InChI is InChI=1S/C11H13BrINO2/c1-16-7-10(6-12)14-11(15)8-2-4-9(13)5-3-8/h2-5,10H,6-7H2,1H3,(H,14,15). The van der Waals surface area contributed by atoms with Crippen LogP contribution in [0, 0.1) is 3.57 Å². The SMILES string of the molecule is COCC(CBr)NC(=O)c1ccc(I)cc1. The highest BCUT2D eigenvalue weighted by Crippen LogP contribution is 2.07. The third kappa shape index (κ3) is 4.39. The first-order valence-corrected chi connectivity index (χ1v) is 6.98. The van der Waals surface area contributed by atoms with E-state index in [0.717, 1.165) is 3.57 Å². The quantitative estimate of drug-likeness (QED) is 0.612. The van der Waals surface area contributed by atoms with E-state index in [4.69, 9.17) is 4.74 Å². The largest absolute Gasteiger partial charge is 0.383 e. The summed E-state index contributed by atoms with van der Waals surface area (Å²) in [5, 5.41) is 3.57. The van der Waals surface area contributed by atoms with Crippen LogP contribution in [0.15, 0.2) is 24.3 Å². The smallest absolute Gasteiger partial charge is 0.251 e. The molecule has 0 saturated carbocycles. The van der Waals surface area contributed by atoms with Gasteiger partial charge in [-0.15, -0.1) is 0 Å². The summed E-state index contributed by atoms with van der Waals surface area (Å²) in [5.41, 5.74) is 0.669. The second kappa shape index (κ2) is 7.24. The van der Waals surface area contributed by atoms with E-state index >= 15 is 0 Å². The minimum absolute atomic E-state index is 0.00298. The van der Waals surface area contributed by atoms with Crippen LogP contribution in [0.1, 0.15) is 10.4 Å². The van der Waals surface area contributed by atoms with Crippen LogP contribution in [-0.2, 0) is 4.74 Å². The summed E-state index contributed by atoms with van der Waals surface area (Å²) < 4.78 is 6.12. The van der Waals surface area contributed by atoms with Gasteiger partial charge in [0.2, 0.25) is 0 Å². The van der Waals surface area contributed by atoms with Gasteiger partial charge in [-0.1, -0.05) is 15.9 Å². The van der Waals surface area contributed by atoms with Crippen LogP contribution in [0.5, 0.6) is 0 Å². The molecule has 0 aliphatic heterocycles. The summed E-state index contributed by atoms with van der Waals surface area (Å²) >= 11 is 5.54. The summed E-state index contributed by atoms with van der Waals surface area (Å²) in [6.07, 6.45) is 0. The lowest BCUT2D eigenvalue weighted by atomic mass is 10.2. The Kier molecular flexibility index (Phi) is 6.30. The van der Waals surface area contributed by atoms with Gasteiger partial charge in [-0.2, -0.15) is 0 Å². The van der Waals surface area contributed by atoms with Crippen molar-refractivity contribution < 1.29 is 9.53 Å². The second-order valence-corrected chi connectivity index (χ2v) is 5.18. The fourth-order valence-electron chi connectivity index (χ4n) is 1.20. The van der Waals surface area contributed by atoms with Crippen molar-refractivity contribution in [2.24, 2.45) is 0 Å². The fraction of sp³-hybridized carbons (Fsp3) is 0.364. The van der Waals surface area contributed by atoms with Gasteiger partial charge in [-0.05, 0) is 46.9 Å². The number of methoxy groups -OCH3 is 1. The van der Waals surface area contributed by atoms with Crippen molar-refractivity contribution >= 4 is 44.4 Å². The second-order valence-electron chi connectivity index (χ2n) is 3.29. The zero-order valence-electron chi connectivity index (χ0n) is 8.87. The maximum absolute atomic E-state index is 11.8. The summed E-state index contributed by atoms with van der Waals surface area (Å²) in [6, 6.07) is 7.45. The maximum atomic E-state index is 11.8. The van der Waals surface area contributed by atoms with Gasteiger partial charge in [0, 0.05) is 21.6 Å². The highest BCUT2D eigenvalue weighted by molar-refractivity contribution is 14.1. The minimum atomic E-state index is -0.0714. The van der Waals surface area contributed by atoms with Crippen molar-refractivity contribution in [2.45, 2.75) is 6.04 Å². The predicted molar refractivity (Wildman–Crippen MR) is 76.1 cm³/mol. The molecule has 1 N–H and O–H groups in total. The number of alkyl halides is 1. The summed E-state index contributed by atoms with van der Waals surface area (Å²) in [4.78, 5) is 11.8. The van der Waals surface area contributed by atoms with Crippen LogP contribution in [0.4, 0.5) is 0 Å². The number of carbonyl (C=O) groups is 1. The molecule has 3 nitrogen and oxygen atoms in total. The molecule has 0 spiro atoms. The molecule has 0 aromatic heterocycles. The molecule has 1 atom stereocenters. The van der Waals surface area contributed by atoms with Crippen LogP contribution in [0.2, 0.25) is 0 Å². The molecule has 1 aromatic carbocycles. The number of halogens is 2. The first-order chi connectivity index (χ1) is 7.67. The number of amides is 1. The molecule has 0 aliphatic rings. The van der Waals surface area contributed by atoms with Gasteiger partial charge < -0.3 is 10.1 Å². The van der Waals surface area contributed by atoms with Gasteiger partial charge in [-0.25, -0.2) is 0 Å². The van der Waals surface area contributed by atoms with Crippen molar-refractivity contribution in [3.8, 4) is 0 Å². The molecule has 1 rings (SSSR count). The molecule has 88 valence electrons. The van der Waals surface area contributed by atoms with Crippen molar-refractivity contribution in [1.29, 1.82) is 0 Å². The molecular formula is C11H13BrINO2. The van der Waals surface area contributed by atoms with Crippen LogP contribution in [0.25, 0.3) is 0 Å². The van der Waals surface area contributed by atoms with Gasteiger partial charge in [-0.3, -0.25) is 4.79 Å². The average Bonchev–Trinajstić information content (AvgIpc) is 2.29. The molecule has 0 heterocycles. The number of nitrogens with one attached hydrogen (secondary N) is 1. The number of hydrogen-bond acceptors (Lipinski definition) is 2. The van der Waals surface area contributed by atoms with E-state index in [9.17, 15) is 4.79 Å². The van der Waals surface area contributed by atoms with Crippen molar-refractivity contribution in [1.82, 2.24) is 5.32 Å². The predicted octanol–water partition coefficient (Wildman–Crippen LogP) is 2.43. The molecule has 0 bridgehead atoms. The fourth-order valence-corrected chi connectivity index (χ4v) is 1.90. The van der Waals surface area contributed by atoms with Crippen molar-refractivity contribution in [3.63, 3.8) is 0 Å². The van der Waals surface area contributed by atoms with Crippen LogP contribution in [0.3, 0.4) is 0 Å². The maximum Gasteiger partial charge on any atom is 0.251 e. The van der Waals surface area contributed by atoms with Crippen LogP contribution in [-0.4, -0.2) is 31.0 Å². The van der Waals surface area contributed by atoms with E-state index in [1.54, 1.807) is 7.11 Å². The lowest BCUT2D eigenvalue weighted by Crippen LogP contribution is -2.39. The zero-order valence-corrected chi connectivity index (χ0v) is 12.6. The van der Waals surface area contributed by atoms with Gasteiger partial charge in [0.1, 0.15) is 0 Å². The van der Waals surface area contributed by atoms with Crippen molar-refractivity contribution in [3.05, 3.63) is 33.4 Å². The Labute approximate surface area is 117 Å². The molecule has 0 aliphatic carbocycles. The van der Waals surface area contributed by atoms with E-state index < -0.39 is 0 Å². The molecule has 0 radical (unpaired) electrons. The van der Waals surface area contributed by atoms with E-state index in [0.29, 0.717) is 17.5 Å².